The number of amides is 1. The van der Waals surface area contributed by atoms with Gasteiger partial charge in [0.05, 0.1) is 50.6 Å². The second kappa shape index (κ2) is 12.4. The number of ether oxygens (including phenoxy) is 4. The number of carbonyl (C=O) groups excluding carboxylic acids is 1. The highest BCUT2D eigenvalue weighted by Crippen LogP contribution is 2.35. The predicted octanol–water partition coefficient (Wildman–Crippen LogP) is 4.81. The maximum atomic E-state index is 13.7. The molecule has 3 rings (SSSR count). The fourth-order valence-corrected chi connectivity index (χ4v) is 5.31. The van der Waals surface area contributed by atoms with Crippen molar-refractivity contribution in [3.05, 3.63) is 71.8 Å². The van der Waals surface area contributed by atoms with Crippen LogP contribution in [0.2, 0.25) is 0 Å². The first-order chi connectivity index (χ1) is 18.8. The van der Waals surface area contributed by atoms with E-state index in [1.807, 2.05) is 0 Å². The normalized spacial score (nSPS) is 12.3. The fraction of sp³-hybridized carbons (Fsp3) is 0.296. The van der Waals surface area contributed by atoms with Crippen LogP contribution in [-0.4, -0.2) is 49.3 Å². The molecule has 1 amide bonds. The maximum Gasteiger partial charge on any atom is 0.416 e. The summed E-state index contributed by atoms with van der Waals surface area (Å²) in [4.78, 5) is 12.8. The van der Waals surface area contributed by atoms with Crippen LogP contribution in [0.3, 0.4) is 0 Å². The zero-order valence-electron chi connectivity index (χ0n) is 22.4. The van der Waals surface area contributed by atoms with E-state index in [4.69, 9.17) is 18.9 Å². The van der Waals surface area contributed by atoms with E-state index in [-0.39, 0.29) is 22.1 Å². The monoisotopic (exact) mass is 582 g/mol. The van der Waals surface area contributed by atoms with Crippen LogP contribution in [0.15, 0.2) is 65.6 Å². The molecule has 0 aliphatic carbocycles. The summed E-state index contributed by atoms with van der Waals surface area (Å²) >= 11 is 0. The lowest BCUT2D eigenvalue weighted by Gasteiger charge is -2.26. The molecule has 13 heteroatoms. The first kappa shape index (κ1) is 30.4. The van der Waals surface area contributed by atoms with Crippen molar-refractivity contribution >= 4 is 21.6 Å². The molecule has 0 aliphatic heterocycles. The smallest absolute Gasteiger partial charge is 0.416 e. The molecular formula is C27H29F3N2O7S. The minimum atomic E-state index is -4.74. The number of benzene rings is 3. The van der Waals surface area contributed by atoms with E-state index < -0.39 is 40.3 Å². The molecule has 0 heterocycles. The van der Waals surface area contributed by atoms with Gasteiger partial charge in [-0.2, -0.15) is 13.2 Å². The number of anilines is 1. The second-order valence-corrected chi connectivity index (χ2v) is 10.3. The molecule has 0 saturated carbocycles. The topological polar surface area (TPSA) is 103 Å². The lowest BCUT2D eigenvalue weighted by Crippen LogP contribution is -2.41. The van der Waals surface area contributed by atoms with Crippen LogP contribution in [0.25, 0.3) is 0 Å². The third-order valence-corrected chi connectivity index (χ3v) is 7.75. The number of sulfonamides is 1. The highest BCUT2D eigenvalue weighted by Gasteiger charge is 2.34. The van der Waals surface area contributed by atoms with Crippen molar-refractivity contribution in [2.75, 3.05) is 39.3 Å². The number of alkyl halides is 3. The first-order valence-corrected chi connectivity index (χ1v) is 13.2. The maximum absolute atomic E-state index is 13.7. The van der Waals surface area contributed by atoms with Crippen molar-refractivity contribution in [3.8, 4) is 23.0 Å². The van der Waals surface area contributed by atoms with Gasteiger partial charge in [0.1, 0.15) is 6.54 Å². The summed E-state index contributed by atoms with van der Waals surface area (Å²) in [6, 6.07) is 11.8. The Hall–Kier alpha value is -4.13. The molecule has 3 aromatic rings. The number of hydrogen-bond acceptors (Lipinski definition) is 7. The minimum Gasteiger partial charge on any atom is -0.493 e. The van der Waals surface area contributed by atoms with Gasteiger partial charge in [0.25, 0.3) is 10.0 Å². The quantitative estimate of drug-likeness (QED) is 0.346. The third-order valence-electron chi connectivity index (χ3n) is 5.98. The van der Waals surface area contributed by atoms with E-state index in [1.54, 1.807) is 25.1 Å². The van der Waals surface area contributed by atoms with Crippen molar-refractivity contribution in [1.29, 1.82) is 0 Å². The molecular weight excluding hydrogens is 553 g/mol. The number of hydrogen-bond donors (Lipinski definition) is 1. The van der Waals surface area contributed by atoms with Gasteiger partial charge in [0, 0.05) is 6.07 Å². The Morgan fingerprint density at radius 2 is 1.43 bits per heavy atom. The van der Waals surface area contributed by atoms with Crippen LogP contribution in [-0.2, 0) is 21.0 Å². The van der Waals surface area contributed by atoms with Gasteiger partial charge < -0.3 is 24.3 Å². The van der Waals surface area contributed by atoms with Gasteiger partial charge in [-0.05, 0) is 55.0 Å². The molecule has 3 aromatic carbocycles. The Balaban J connectivity index is 2.00. The summed E-state index contributed by atoms with van der Waals surface area (Å²) in [5.41, 5.74) is -0.797. The van der Waals surface area contributed by atoms with Gasteiger partial charge in [-0.15, -0.1) is 0 Å². The summed E-state index contributed by atoms with van der Waals surface area (Å²) in [6.45, 7) is 0.853. The Morgan fingerprint density at radius 3 is 2.00 bits per heavy atom. The summed E-state index contributed by atoms with van der Waals surface area (Å²) < 4.78 is 89.4. The average molecular weight is 583 g/mol. The largest absolute Gasteiger partial charge is 0.493 e. The van der Waals surface area contributed by atoms with Crippen LogP contribution in [0.1, 0.15) is 24.1 Å². The van der Waals surface area contributed by atoms with Crippen molar-refractivity contribution < 1.29 is 45.3 Å². The van der Waals surface area contributed by atoms with E-state index in [0.29, 0.717) is 27.4 Å². The lowest BCUT2D eigenvalue weighted by atomic mass is 10.1. The lowest BCUT2D eigenvalue weighted by molar-refractivity contribution is -0.137. The van der Waals surface area contributed by atoms with Crippen molar-refractivity contribution in [1.82, 2.24) is 5.32 Å². The van der Waals surface area contributed by atoms with Crippen LogP contribution >= 0.6 is 0 Å². The number of nitrogens with zero attached hydrogens (tertiary/aromatic N) is 1. The second-order valence-electron chi connectivity index (χ2n) is 8.48. The van der Waals surface area contributed by atoms with Gasteiger partial charge in [-0.1, -0.05) is 12.1 Å². The summed E-state index contributed by atoms with van der Waals surface area (Å²) in [6.07, 6.45) is -4.74. The fourth-order valence-electron chi connectivity index (χ4n) is 3.88. The van der Waals surface area contributed by atoms with E-state index >= 15 is 0 Å². The van der Waals surface area contributed by atoms with Gasteiger partial charge in [-0.3, -0.25) is 9.10 Å². The number of carbonyl (C=O) groups is 1. The minimum absolute atomic E-state index is 0.0825. The Labute approximate surface area is 230 Å². The standard InChI is InChI=1S/C27H29F3N2O7S/c1-17(18-9-11-22(36-2)24(13-18)38-4)31-26(33)16-32(20-8-6-7-19(14-20)27(28,29)30)40(34,35)21-10-12-23(37-3)25(15-21)39-5/h6-15,17H,16H2,1-5H3,(H,31,33). The van der Waals surface area contributed by atoms with Gasteiger partial charge >= 0.3 is 6.18 Å². The van der Waals surface area contributed by atoms with Crippen LogP contribution in [0.4, 0.5) is 18.9 Å². The van der Waals surface area contributed by atoms with Crippen LogP contribution in [0, 0.1) is 0 Å². The van der Waals surface area contributed by atoms with Crippen molar-refractivity contribution in [2.45, 2.75) is 24.0 Å². The Bertz CT molecular complexity index is 1460. The van der Waals surface area contributed by atoms with E-state index in [2.05, 4.69) is 5.32 Å². The third kappa shape index (κ3) is 6.71. The zero-order chi connectivity index (χ0) is 29.7. The number of methoxy groups -OCH3 is 4. The molecule has 0 saturated heterocycles. The molecule has 0 aromatic heterocycles. The summed E-state index contributed by atoms with van der Waals surface area (Å²) in [7, 11) is 1.05. The van der Waals surface area contributed by atoms with E-state index in [9.17, 15) is 26.4 Å². The van der Waals surface area contributed by atoms with Crippen molar-refractivity contribution in [2.24, 2.45) is 0 Å². The highest BCUT2D eigenvalue weighted by molar-refractivity contribution is 7.92. The molecule has 0 bridgehead atoms. The summed E-state index contributed by atoms with van der Waals surface area (Å²) in [5.74, 6) is 0.459. The molecule has 9 nitrogen and oxygen atoms in total. The van der Waals surface area contributed by atoms with E-state index in [1.165, 1.54) is 52.7 Å². The molecule has 1 N–H and O–H groups in total. The zero-order valence-corrected chi connectivity index (χ0v) is 23.2. The molecule has 40 heavy (non-hydrogen) atoms. The van der Waals surface area contributed by atoms with Crippen LogP contribution in [0.5, 0.6) is 23.0 Å². The predicted molar refractivity (Wildman–Crippen MR) is 142 cm³/mol. The van der Waals surface area contributed by atoms with E-state index in [0.717, 1.165) is 12.1 Å². The number of halogens is 3. The molecule has 216 valence electrons. The number of nitrogens with one attached hydrogen (secondary N) is 1. The van der Waals surface area contributed by atoms with Gasteiger partial charge in [-0.25, -0.2) is 8.42 Å². The molecule has 1 atom stereocenters. The molecule has 0 spiro atoms. The first-order valence-electron chi connectivity index (χ1n) is 11.8. The molecule has 0 radical (unpaired) electrons. The van der Waals surface area contributed by atoms with Crippen molar-refractivity contribution in [3.63, 3.8) is 0 Å². The SMILES string of the molecule is COc1ccc(C(C)NC(=O)CN(c2cccc(C(F)(F)F)c2)S(=O)(=O)c2ccc(OC)c(OC)c2)cc1OC. The Kier molecular flexibility index (Phi) is 9.40. The van der Waals surface area contributed by atoms with Crippen LogP contribution < -0.4 is 28.6 Å². The molecule has 1 unspecified atom stereocenters. The molecule has 0 aliphatic rings. The van der Waals surface area contributed by atoms with Gasteiger partial charge in [0.15, 0.2) is 23.0 Å². The summed E-state index contributed by atoms with van der Waals surface area (Å²) in [5, 5.41) is 2.69. The average Bonchev–Trinajstić information content (AvgIpc) is 2.94. The highest BCUT2D eigenvalue weighted by atomic mass is 32.2. The van der Waals surface area contributed by atoms with Gasteiger partial charge in [0.2, 0.25) is 5.91 Å². The number of rotatable bonds is 11. The molecule has 0 fully saturated rings. The Morgan fingerprint density at radius 1 is 0.850 bits per heavy atom.